The number of ether oxygens (including phenoxy) is 2. The summed E-state index contributed by atoms with van der Waals surface area (Å²) < 4.78 is 12.2. The summed E-state index contributed by atoms with van der Waals surface area (Å²) in [5.74, 6) is 0.659. The Kier molecular flexibility index (Phi) is 5.13. The molecule has 5 nitrogen and oxygen atoms in total. The Hall–Kier alpha value is -1.72. The van der Waals surface area contributed by atoms with Gasteiger partial charge in [0.1, 0.15) is 6.10 Å². The summed E-state index contributed by atoms with van der Waals surface area (Å²) in [6, 6.07) is 4.07. The summed E-state index contributed by atoms with van der Waals surface area (Å²) in [7, 11) is 0. The van der Waals surface area contributed by atoms with Gasteiger partial charge in [0.15, 0.2) is 0 Å². The fourth-order valence-electron chi connectivity index (χ4n) is 4.30. The van der Waals surface area contributed by atoms with Crippen molar-refractivity contribution >= 4 is 5.91 Å². The Bertz CT molecular complexity index is 619. The Labute approximate surface area is 149 Å². The zero-order valence-corrected chi connectivity index (χ0v) is 14.5. The lowest BCUT2D eigenvalue weighted by atomic mass is 10.0. The van der Waals surface area contributed by atoms with E-state index in [1.54, 1.807) is 6.20 Å². The summed E-state index contributed by atoms with van der Waals surface area (Å²) in [6.07, 6.45) is 12.8. The second-order valence-electron chi connectivity index (χ2n) is 7.25. The number of amides is 1. The predicted molar refractivity (Wildman–Crippen MR) is 93.8 cm³/mol. The van der Waals surface area contributed by atoms with Crippen molar-refractivity contribution in [1.82, 2.24) is 9.88 Å². The number of carbonyl (C=O) groups excluding carboxylic acids is 1. The highest BCUT2D eigenvalue weighted by atomic mass is 16.5. The van der Waals surface area contributed by atoms with E-state index in [0.717, 1.165) is 31.2 Å². The Morgan fingerprint density at radius 1 is 1.36 bits per heavy atom. The maximum absolute atomic E-state index is 12.9. The minimum atomic E-state index is -0.0363. The van der Waals surface area contributed by atoms with Crippen LogP contribution in [0.15, 0.2) is 36.7 Å². The average Bonchev–Trinajstić information content (AvgIpc) is 3.21. The number of fused-ring (bicyclic) bond motifs is 2. The van der Waals surface area contributed by atoms with E-state index in [0.29, 0.717) is 32.1 Å². The van der Waals surface area contributed by atoms with Crippen LogP contribution in [0.1, 0.15) is 37.7 Å². The summed E-state index contributed by atoms with van der Waals surface area (Å²) in [6.45, 7) is 1.81. The SMILES string of the molecule is O=C(CC1C=CCC1)N1CCOC2CCC1C2OCc1cccnc1. The first-order valence-corrected chi connectivity index (χ1v) is 9.39. The molecule has 0 radical (unpaired) electrons. The third kappa shape index (κ3) is 3.77. The zero-order chi connectivity index (χ0) is 17.1. The monoisotopic (exact) mass is 342 g/mol. The lowest BCUT2D eigenvalue weighted by Crippen LogP contribution is -2.46. The highest BCUT2D eigenvalue weighted by Crippen LogP contribution is 2.33. The van der Waals surface area contributed by atoms with Crippen molar-refractivity contribution in [2.24, 2.45) is 5.92 Å². The van der Waals surface area contributed by atoms with Crippen LogP contribution in [0, 0.1) is 5.92 Å². The topological polar surface area (TPSA) is 51.7 Å². The Morgan fingerprint density at radius 2 is 2.32 bits per heavy atom. The van der Waals surface area contributed by atoms with Crippen LogP contribution in [-0.2, 0) is 20.9 Å². The molecule has 1 saturated heterocycles. The number of aromatic nitrogens is 1. The molecule has 2 heterocycles. The van der Waals surface area contributed by atoms with Crippen LogP contribution in [0.25, 0.3) is 0 Å². The third-order valence-corrected chi connectivity index (χ3v) is 5.59. The van der Waals surface area contributed by atoms with Crippen molar-refractivity contribution in [2.45, 2.75) is 57.0 Å². The van der Waals surface area contributed by atoms with Crippen molar-refractivity contribution in [1.29, 1.82) is 0 Å². The molecule has 0 spiro atoms. The molecule has 4 rings (SSSR count). The molecular formula is C20H26N2O3. The molecule has 25 heavy (non-hydrogen) atoms. The molecule has 3 aliphatic rings. The molecule has 134 valence electrons. The number of allylic oxidation sites excluding steroid dienone is 2. The van der Waals surface area contributed by atoms with E-state index in [2.05, 4.69) is 17.1 Å². The molecule has 1 aromatic rings. The number of hydrogen-bond acceptors (Lipinski definition) is 4. The number of rotatable bonds is 5. The average molecular weight is 342 g/mol. The summed E-state index contributed by atoms with van der Waals surface area (Å²) in [5, 5.41) is 0. The summed E-state index contributed by atoms with van der Waals surface area (Å²) in [4.78, 5) is 19.1. The van der Waals surface area contributed by atoms with Crippen molar-refractivity contribution < 1.29 is 14.3 Å². The molecule has 0 aromatic carbocycles. The lowest BCUT2D eigenvalue weighted by Gasteiger charge is -2.32. The summed E-state index contributed by atoms with van der Waals surface area (Å²) >= 11 is 0. The smallest absolute Gasteiger partial charge is 0.223 e. The molecule has 4 atom stereocenters. The van der Waals surface area contributed by atoms with Gasteiger partial charge >= 0.3 is 0 Å². The molecule has 1 amide bonds. The highest BCUT2D eigenvalue weighted by Gasteiger charge is 2.44. The second-order valence-corrected chi connectivity index (χ2v) is 7.25. The highest BCUT2D eigenvalue weighted by molar-refractivity contribution is 5.77. The molecular weight excluding hydrogens is 316 g/mol. The van der Waals surface area contributed by atoms with Gasteiger partial charge in [-0.15, -0.1) is 0 Å². The second kappa shape index (κ2) is 7.67. The van der Waals surface area contributed by atoms with Gasteiger partial charge in [0.05, 0.1) is 25.4 Å². The molecule has 1 aliphatic heterocycles. The number of pyridine rings is 1. The first kappa shape index (κ1) is 16.7. The van der Waals surface area contributed by atoms with E-state index in [9.17, 15) is 4.79 Å². The fraction of sp³-hybridized carbons (Fsp3) is 0.600. The molecule has 1 aromatic heterocycles. The molecule has 2 aliphatic carbocycles. The number of hydrogen-bond donors (Lipinski definition) is 0. The maximum Gasteiger partial charge on any atom is 0.223 e. The van der Waals surface area contributed by atoms with Gasteiger partial charge in [-0.2, -0.15) is 0 Å². The maximum atomic E-state index is 12.9. The first-order valence-electron chi connectivity index (χ1n) is 9.39. The van der Waals surface area contributed by atoms with Crippen molar-refractivity contribution in [3.8, 4) is 0 Å². The van der Waals surface area contributed by atoms with Crippen LogP contribution in [0.5, 0.6) is 0 Å². The molecule has 2 bridgehead atoms. The van der Waals surface area contributed by atoms with Crippen LogP contribution in [0.3, 0.4) is 0 Å². The van der Waals surface area contributed by atoms with Gasteiger partial charge in [-0.05, 0) is 43.2 Å². The first-order chi connectivity index (χ1) is 12.3. The summed E-state index contributed by atoms with van der Waals surface area (Å²) in [5.41, 5.74) is 1.06. The van der Waals surface area contributed by atoms with E-state index in [-0.39, 0.29) is 24.2 Å². The minimum absolute atomic E-state index is 0.0363. The largest absolute Gasteiger partial charge is 0.374 e. The van der Waals surface area contributed by atoms with E-state index in [1.165, 1.54) is 0 Å². The van der Waals surface area contributed by atoms with Gasteiger partial charge in [0.25, 0.3) is 0 Å². The van der Waals surface area contributed by atoms with Gasteiger partial charge in [0, 0.05) is 25.4 Å². The van der Waals surface area contributed by atoms with E-state index in [1.807, 2.05) is 23.2 Å². The van der Waals surface area contributed by atoms with Crippen molar-refractivity contribution in [3.05, 3.63) is 42.2 Å². The quantitative estimate of drug-likeness (QED) is 0.772. The van der Waals surface area contributed by atoms with Crippen LogP contribution in [-0.4, -0.2) is 47.2 Å². The van der Waals surface area contributed by atoms with Gasteiger partial charge in [0.2, 0.25) is 5.91 Å². The Balaban J connectivity index is 1.42. The predicted octanol–water partition coefficient (Wildman–Crippen LogP) is 2.71. The molecule has 4 unspecified atom stereocenters. The lowest BCUT2D eigenvalue weighted by molar-refractivity contribution is -0.136. The van der Waals surface area contributed by atoms with Gasteiger partial charge < -0.3 is 14.4 Å². The molecule has 2 fully saturated rings. The number of carbonyl (C=O) groups is 1. The van der Waals surface area contributed by atoms with Crippen molar-refractivity contribution in [3.63, 3.8) is 0 Å². The van der Waals surface area contributed by atoms with E-state index < -0.39 is 0 Å². The molecule has 5 heteroatoms. The normalized spacial score (nSPS) is 31.3. The standard InChI is InChI=1S/C20H26N2O3/c23-19(12-15-4-1-2-5-15)22-10-11-24-18-8-7-17(22)20(18)25-14-16-6-3-9-21-13-16/h1,3-4,6,9,13,15,17-18,20H,2,5,7-8,10-12,14H2. The third-order valence-electron chi connectivity index (χ3n) is 5.59. The number of nitrogens with zero attached hydrogens (tertiary/aromatic N) is 2. The van der Waals surface area contributed by atoms with E-state index >= 15 is 0 Å². The Morgan fingerprint density at radius 3 is 3.12 bits per heavy atom. The fourth-order valence-corrected chi connectivity index (χ4v) is 4.30. The van der Waals surface area contributed by atoms with Crippen LogP contribution < -0.4 is 0 Å². The van der Waals surface area contributed by atoms with E-state index in [4.69, 9.17) is 9.47 Å². The van der Waals surface area contributed by atoms with Crippen LogP contribution in [0.2, 0.25) is 0 Å². The van der Waals surface area contributed by atoms with Gasteiger partial charge in [-0.1, -0.05) is 18.2 Å². The van der Waals surface area contributed by atoms with Gasteiger partial charge in [-0.3, -0.25) is 9.78 Å². The van der Waals surface area contributed by atoms with Crippen molar-refractivity contribution in [2.75, 3.05) is 13.2 Å². The minimum Gasteiger partial charge on any atom is -0.374 e. The van der Waals surface area contributed by atoms with Gasteiger partial charge in [-0.25, -0.2) is 0 Å². The van der Waals surface area contributed by atoms with Crippen LogP contribution in [0.4, 0.5) is 0 Å². The molecule has 1 saturated carbocycles. The zero-order valence-electron chi connectivity index (χ0n) is 14.5. The molecule has 0 N–H and O–H groups in total. The van der Waals surface area contributed by atoms with Crippen LogP contribution >= 0.6 is 0 Å².